The number of hydrogen-bond acceptors (Lipinski definition) is 5. The van der Waals surface area contributed by atoms with Gasteiger partial charge in [0.1, 0.15) is 5.75 Å². The molecule has 2 N–H and O–H groups in total. The fourth-order valence-electron chi connectivity index (χ4n) is 2.88. The molecule has 142 valence electrons. The molecule has 0 aromatic heterocycles. The Balaban J connectivity index is 1.46. The van der Waals surface area contributed by atoms with Gasteiger partial charge in [0.05, 0.1) is 25.4 Å². The molecule has 1 heterocycles. The average molecular weight is 369 g/mol. The van der Waals surface area contributed by atoms with Gasteiger partial charge in [-0.25, -0.2) is 0 Å². The molecule has 2 atom stereocenters. The van der Waals surface area contributed by atoms with Gasteiger partial charge in [0.15, 0.2) is 6.61 Å². The predicted octanol–water partition coefficient (Wildman–Crippen LogP) is 1.39. The van der Waals surface area contributed by atoms with Crippen molar-refractivity contribution in [3.05, 3.63) is 59.7 Å². The highest BCUT2D eigenvalue weighted by molar-refractivity contribution is 6.62. The molecule has 0 saturated heterocycles. The molecule has 27 heavy (non-hydrogen) atoms. The minimum Gasteiger partial charge on any atom is -0.484 e. The fourth-order valence-corrected chi connectivity index (χ4v) is 2.88. The van der Waals surface area contributed by atoms with Crippen molar-refractivity contribution in [3.63, 3.8) is 0 Å². The maximum atomic E-state index is 12.2. The van der Waals surface area contributed by atoms with Gasteiger partial charge in [0.2, 0.25) is 0 Å². The SMILES string of the molecule is CC(NC(=O)COc1cccc2c1B(O)OC2)C(C)OCc1ccccc1. The van der Waals surface area contributed by atoms with E-state index < -0.39 is 7.12 Å². The number of ether oxygens (including phenoxy) is 2. The topological polar surface area (TPSA) is 77.0 Å². The third-order valence-corrected chi connectivity index (χ3v) is 4.61. The molecule has 2 aromatic rings. The van der Waals surface area contributed by atoms with Crippen molar-refractivity contribution >= 4 is 18.5 Å². The van der Waals surface area contributed by atoms with Crippen molar-refractivity contribution in [2.45, 2.75) is 39.2 Å². The van der Waals surface area contributed by atoms with Crippen LogP contribution in [0.3, 0.4) is 0 Å². The van der Waals surface area contributed by atoms with E-state index in [0.29, 0.717) is 24.4 Å². The summed E-state index contributed by atoms with van der Waals surface area (Å²) in [6.45, 7) is 4.51. The van der Waals surface area contributed by atoms with E-state index >= 15 is 0 Å². The number of rotatable bonds is 8. The minimum atomic E-state index is -1.01. The van der Waals surface area contributed by atoms with Crippen molar-refractivity contribution in [2.24, 2.45) is 0 Å². The first-order valence-corrected chi connectivity index (χ1v) is 9.03. The zero-order chi connectivity index (χ0) is 19.2. The van der Waals surface area contributed by atoms with Gasteiger partial charge in [-0.05, 0) is 31.0 Å². The Kier molecular flexibility index (Phi) is 6.50. The van der Waals surface area contributed by atoms with Crippen LogP contribution >= 0.6 is 0 Å². The van der Waals surface area contributed by atoms with Crippen LogP contribution in [0, 0.1) is 0 Å². The monoisotopic (exact) mass is 369 g/mol. The molecular weight excluding hydrogens is 345 g/mol. The molecule has 0 fully saturated rings. The quantitative estimate of drug-likeness (QED) is 0.688. The summed E-state index contributed by atoms with van der Waals surface area (Å²) in [5.41, 5.74) is 2.56. The molecule has 0 radical (unpaired) electrons. The lowest BCUT2D eigenvalue weighted by molar-refractivity contribution is -0.124. The van der Waals surface area contributed by atoms with Gasteiger partial charge in [0, 0.05) is 5.46 Å². The predicted molar refractivity (Wildman–Crippen MR) is 103 cm³/mol. The molecule has 1 aliphatic rings. The lowest BCUT2D eigenvalue weighted by atomic mass is 9.79. The molecule has 0 saturated carbocycles. The maximum absolute atomic E-state index is 12.2. The van der Waals surface area contributed by atoms with Crippen molar-refractivity contribution < 1.29 is 23.9 Å². The van der Waals surface area contributed by atoms with Gasteiger partial charge in [-0.3, -0.25) is 4.79 Å². The van der Waals surface area contributed by atoms with Crippen LogP contribution in [0.5, 0.6) is 5.75 Å². The molecule has 0 bridgehead atoms. The Labute approximate surface area is 159 Å². The van der Waals surface area contributed by atoms with E-state index in [2.05, 4.69) is 5.32 Å². The Morgan fingerprint density at radius 3 is 2.78 bits per heavy atom. The van der Waals surface area contributed by atoms with E-state index in [1.165, 1.54) is 0 Å². The van der Waals surface area contributed by atoms with Gasteiger partial charge in [-0.15, -0.1) is 0 Å². The highest BCUT2D eigenvalue weighted by atomic mass is 16.5. The fraction of sp³-hybridized carbons (Fsp3) is 0.350. The van der Waals surface area contributed by atoms with E-state index in [1.807, 2.05) is 56.3 Å². The zero-order valence-corrected chi connectivity index (χ0v) is 15.6. The first-order valence-electron chi connectivity index (χ1n) is 9.03. The number of carbonyl (C=O) groups is 1. The maximum Gasteiger partial charge on any atom is 0.495 e. The van der Waals surface area contributed by atoms with Gasteiger partial charge in [-0.1, -0.05) is 42.5 Å². The number of hydrogen-bond donors (Lipinski definition) is 2. The first-order chi connectivity index (χ1) is 13.0. The summed E-state index contributed by atoms with van der Waals surface area (Å²) >= 11 is 0. The van der Waals surface area contributed by atoms with Gasteiger partial charge >= 0.3 is 7.12 Å². The number of nitrogens with one attached hydrogen (secondary N) is 1. The van der Waals surface area contributed by atoms with Crippen LogP contribution in [0.25, 0.3) is 0 Å². The Hall–Kier alpha value is -2.35. The van der Waals surface area contributed by atoms with Crippen LogP contribution in [0.4, 0.5) is 0 Å². The number of carbonyl (C=O) groups excluding carboxylic acids is 1. The normalized spacial score (nSPS) is 15.1. The van der Waals surface area contributed by atoms with Crippen LogP contribution in [0.2, 0.25) is 0 Å². The highest BCUT2D eigenvalue weighted by Crippen LogP contribution is 2.18. The lowest BCUT2D eigenvalue weighted by Crippen LogP contribution is -2.43. The largest absolute Gasteiger partial charge is 0.495 e. The second kappa shape index (κ2) is 9.04. The van der Waals surface area contributed by atoms with Crippen molar-refractivity contribution in [2.75, 3.05) is 6.61 Å². The molecule has 6 nitrogen and oxygen atoms in total. The van der Waals surface area contributed by atoms with E-state index in [4.69, 9.17) is 14.1 Å². The van der Waals surface area contributed by atoms with E-state index in [-0.39, 0.29) is 24.7 Å². The Morgan fingerprint density at radius 2 is 2.00 bits per heavy atom. The summed E-state index contributed by atoms with van der Waals surface area (Å²) in [6, 6.07) is 15.1. The number of fused-ring (bicyclic) bond motifs is 1. The van der Waals surface area contributed by atoms with Crippen LogP contribution in [0.1, 0.15) is 25.0 Å². The van der Waals surface area contributed by atoms with Crippen molar-refractivity contribution in [3.8, 4) is 5.75 Å². The van der Waals surface area contributed by atoms with Crippen molar-refractivity contribution in [1.82, 2.24) is 5.32 Å². The molecule has 2 unspecified atom stereocenters. The summed E-state index contributed by atoms with van der Waals surface area (Å²) < 4.78 is 16.6. The minimum absolute atomic E-state index is 0.140. The summed E-state index contributed by atoms with van der Waals surface area (Å²) in [5, 5.41) is 12.8. The second-order valence-corrected chi connectivity index (χ2v) is 6.64. The molecule has 2 aromatic carbocycles. The van der Waals surface area contributed by atoms with Gasteiger partial charge in [-0.2, -0.15) is 0 Å². The third-order valence-electron chi connectivity index (χ3n) is 4.61. The Bertz CT molecular complexity index is 770. The van der Waals surface area contributed by atoms with Crippen LogP contribution < -0.4 is 15.5 Å². The highest BCUT2D eigenvalue weighted by Gasteiger charge is 2.31. The number of benzene rings is 2. The second-order valence-electron chi connectivity index (χ2n) is 6.64. The molecule has 1 aliphatic heterocycles. The summed E-state index contributed by atoms with van der Waals surface area (Å²) in [7, 11) is -1.01. The molecule has 1 amide bonds. The number of amides is 1. The van der Waals surface area contributed by atoms with Crippen LogP contribution in [0.15, 0.2) is 48.5 Å². The van der Waals surface area contributed by atoms with Crippen molar-refractivity contribution in [1.29, 1.82) is 0 Å². The van der Waals surface area contributed by atoms with E-state index in [1.54, 1.807) is 6.07 Å². The standard InChI is InChI=1S/C20H24BNO5/c1-14(15(2)25-11-16-7-4-3-5-8-16)22-19(23)13-26-18-10-6-9-17-12-27-21(24)20(17)18/h3-10,14-15,24H,11-13H2,1-2H3,(H,22,23). The molecule has 0 aliphatic carbocycles. The third kappa shape index (κ3) is 5.10. The first kappa shape index (κ1) is 19.4. The Morgan fingerprint density at radius 1 is 1.22 bits per heavy atom. The smallest absolute Gasteiger partial charge is 0.484 e. The molecule has 3 rings (SSSR count). The molecule has 7 heteroatoms. The lowest BCUT2D eigenvalue weighted by Gasteiger charge is -2.22. The summed E-state index contributed by atoms with van der Waals surface area (Å²) in [5.74, 6) is 0.220. The summed E-state index contributed by atoms with van der Waals surface area (Å²) in [6.07, 6.45) is -0.148. The van der Waals surface area contributed by atoms with Gasteiger partial charge in [0.25, 0.3) is 5.91 Å². The van der Waals surface area contributed by atoms with Crippen LogP contribution in [-0.2, 0) is 27.4 Å². The van der Waals surface area contributed by atoms with E-state index in [0.717, 1.165) is 11.1 Å². The molecular formula is C20H24BNO5. The van der Waals surface area contributed by atoms with Gasteiger partial charge < -0.3 is 24.5 Å². The zero-order valence-electron chi connectivity index (χ0n) is 15.6. The van der Waals surface area contributed by atoms with Crippen LogP contribution in [-0.4, -0.2) is 36.8 Å². The average Bonchev–Trinajstić information content (AvgIpc) is 3.07. The summed E-state index contributed by atoms with van der Waals surface area (Å²) in [4.78, 5) is 12.2. The van der Waals surface area contributed by atoms with E-state index in [9.17, 15) is 9.82 Å². The molecule has 0 spiro atoms.